The third-order valence-electron chi connectivity index (χ3n) is 6.40. The summed E-state index contributed by atoms with van der Waals surface area (Å²) in [5, 5.41) is 0. The summed E-state index contributed by atoms with van der Waals surface area (Å²) in [4.78, 5) is 0. The number of allylic oxidation sites excluding steroid dienone is 2. The zero-order chi connectivity index (χ0) is 24.5. The van der Waals surface area contributed by atoms with Crippen LogP contribution in [0.4, 0.5) is 8.63 Å². The minimum absolute atomic E-state index is 0.381. The monoisotopic (exact) mass is 480 g/mol. The summed E-state index contributed by atoms with van der Waals surface area (Å²) < 4.78 is 44.9. The standard InChI is InChI=1S/C29H23BF2N2O2/c31-30(32)33-15-7-13-27(33)29(28-14-8-16-34(28)30)24-17-25(35-20-22-9-3-1-4-10-22)19-26(18-24)36-21-23-11-5-2-6-12-23/h1-19H,20-21H2. The third-order valence-corrected chi connectivity index (χ3v) is 6.40. The zero-order valence-corrected chi connectivity index (χ0v) is 19.4. The molecule has 178 valence electrons. The number of aromatic nitrogens is 1. The first-order chi connectivity index (χ1) is 17.6. The quantitative estimate of drug-likeness (QED) is 0.291. The predicted octanol–water partition coefficient (Wildman–Crippen LogP) is 6.29. The molecule has 6 rings (SSSR count). The topological polar surface area (TPSA) is 26.4 Å². The van der Waals surface area contributed by atoms with E-state index in [2.05, 4.69) is 0 Å². The summed E-state index contributed by atoms with van der Waals surface area (Å²) in [5.41, 5.74) is 4.43. The molecule has 0 atom stereocenters. The molecule has 3 aromatic carbocycles. The molecule has 4 aromatic rings. The van der Waals surface area contributed by atoms with Crippen molar-refractivity contribution in [3.05, 3.63) is 137 Å². The lowest BCUT2D eigenvalue weighted by Crippen LogP contribution is -2.49. The molecular formula is C29H23BF2N2O2. The second kappa shape index (κ2) is 9.00. The van der Waals surface area contributed by atoms with E-state index in [1.54, 1.807) is 24.3 Å². The van der Waals surface area contributed by atoms with Gasteiger partial charge in [0.05, 0.1) is 5.57 Å². The summed E-state index contributed by atoms with van der Waals surface area (Å²) in [5.74, 6) is 1.21. The Balaban J connectivity index is 1.42. The second-order valence-corrected chi connectivity index (χ2v) is 8.81. The van der Waals surface area contributed by atoms with Gasteiger partial charge in [-0.2, -0.15) is 0 Å². The molecule has 0 fully saturated rings. The minimum atomic E-state index is -3.96. The Morgan fingerprint density at radius 3 is 1.97 bits per heavy atom. The van der Waals surface area contributed by atoms with E-state index < -0.39 is 6.97 Å². The molecule has 0 saturated heterocycles. The van der Waals surface area contributed by atoms with Crippen molar-refractivity contribution < 1.29 is 22.6 Å². The fraction of sp³-hybridized carbons (Fsp3) is 0.0690. The fourth-order valence-corrected chi connectivity index (χ4v) is 4.68. The molecule has 0 radical (unpaired) electrons. The maximum Gasteiger partial charge on any atom is 0.737 e. The molecule has 7 heteroatoms. The van der Waals surface area contributed by atoms with E-state index in [9.17, 15) is 0 Å². The lowest BCUT2D eigenvalue weighted by atomic mass is 9.86. The first-order valence-electron chi connectivity index (χ1n) is 11.8. The molecule has 0 unspecified atom stereocenters. The van der Waals surface area contributed by atoms with Gasteiger partial charge in [-0.15, -0.1) is 0 Å². The lowest BCUT2D eigenvalue weighted by molar-refractivity contribution is -0.356. The van der Waals surface area contributed by atoms with E-state index in [1.807, 2.05) is 78.9 Å². The molecule has 0 bridgehead atoms. The first kappa shape index (κ1) is 22.1. The molecular weight excluding hydrogens is 457 g/mol. The summed E-state index contributed by atoms with van der Waals surface area (Å²) in [6.45, 7) is -3.20. The van der Waals surface area contributed by atoms with Crippen LogP contribution in [-0.4, -0.2) is 22.1 Å². The van der Waals surface area contributed by atoms with Gasteiger partial charge in [-0.25, -0.2) is 0 Å². The molecule has 36 heavy (non-hydrogen) atoms. The Hall–Kier alpha value is -4.39. The van der Waals surface area contributed by atoms with Crippen molar-refractivity contribution in [2.45, 2.75) is 13.2 Å². The number of hydrogen-bond acceptors (Lipinski definition) is 2. The molecule has 0 amide bonds. The van der Waals surface area contributed by atoms with Crippen molar-refractivity contribution in [3.8, 4) is 11.5 Å². The van der Waals surface area contributed by atoms with Gasteiger partial charge in [0, 0.05) is 23.9 Å². The molecule has 2 aliphatic rings. The van der Waals surface area contributed by atoms with Crippen LogP contribution in [0.15, 0.2) is 115 Å². The number of benzene rings is 3. The summed E-state index contributed by atoms with van der Waals surface area (Å²) in [6.07, 6.45) is 6.24. The van der Waals surface area contributed by atoms with Gasteiger partial charge in [0.1, 0.15) is 30.9 Å². The second-order valence-electron chi connectivity index (χ2n) is 8.81. The highest BCUT2D eigenvalue weighted by atomic mass is 19.2. The molecule has 0 aliphatic carbocycles. The van der Waals surface area contributed by atoms with Gasteiger partial charge in [0.2, 0.25) is 0 Å². The van der Waals surface area contributed by atoms with Gasteiger partial charge in [0.15, 0.2) is 5.70 Å². The van der Waals surface area contributed by atoms with Crippen molar-refractivity contribution in [3.63, 3.8) is 0 Å². The zero-order valence-electron chi connectivity index (χ0n) is 19.4. The minimum Gasteiger partial charge on any atom is -0.489 e. The average molecular weight is 480 g/mol. The average Bonchev–Trinajstić information content (AvgIpc) is 3.59. The highest BCUT2D eigenvalue weighted by Crippen LogP contribution is 2.40. The number of hydrogen-bond donors (Lipinski definition) is 0. The van der Waals surface area contributed by atoms with Crippen LogP contribution in [0.25, 0.3) is 5.57 Å². The van der Waals surface area contributed by atoms with Gasteiger partial charge in [0.25, 0.3) is 0 Å². The van der Waals surface area contributed by atoms with Gasteiger partial charge < -0.3 is 27.1 Å². The van der Waals surface area contributed by atoms with Crippen LogP contribution in [0, 0.1) is 0 Å². The normalized spacial score (nSPS) is 15.3. The molecule has 0 saturated carbocycles. The van der Waals surface area contributed by atoms with Crippen LogP contribution in [-0.2, 0) is 13.2 Å². The van der Waals surface area contributed by atoms with Crippen molar-refractivity contribution in [1.29, 1.82) is 0 Å². The van der Waals surface area contributed by atoms with Gasteiger partial charge >= 0.3 is 6.97 Å². The Bertz CT molecular complexity index is 1450. The van der Waals surface area contributed by atoms with Crippen molar-refractivity contribution in [2.75, 3.05) is 0 Å². The Kier molecular flexibility index (Phi) is 5.53. The predicted molar refractivity (Wildman–Crippen MR) is 137 cm³/mol. The molecule has 0 N–H and O–H groups in total. The largest absolute Gasteiger partial charge is 0.737 e. The summed E-state index contributed by atoms with van der Waals surface area (Å²) in [7, 11) is 0. The van der Waals surface area contributed by atoms with E-state index in [4.69, 9.17) is 9.47 Å². The van der Waals surface area contributed by atoms with Gasteiger partial charge in [-0.1, -0.05) is 60.7 Å². The van der Waals surface area contributed by atoms with Crippen LogP contribution in [0.1, 0.15) is 22.4 Å². The Morgan fingerprint density at radius 2 is 1.36 bits per heavy atom. The van der Waals surface area contributed by atoms with Crippen LogP contribution in [0.5, 0.6) is 11.5 Å². The Labute approximate surface area is 208 Å². The van der Waals surface area contributed by atoms with E-state index in [1.165, 1.54) is 12.4 Å². The maximum atomic E-state index is 15.2. The molecule has 3 heterocycles. The van der Waals surface area contributed by atoms with Crippen molar-refractivity contribution in [1.82, 2.24) is 4.48 Å². The highest BCUT2D eigenvalue weighted by molar-refractivity contribution is 6.57. The molecule has 0 spiro atoms. The van der Waals surface area contributed by atoms with Gasteiger partial charge in [-0.05, 0) is 47.2 Å². The van der Waals surface area contributed by atoms with Crippen molar-refractivity contribution >= 4 is 18.8 Å². The number of halogens is 2. The van der Waals surface area contributed by atoms with Gasteiger partial charge in [-0.3, -0.25) is 0 Å². The van der Waals surface area contributed by atoms with E-state index >= 15 is 8.63 Å². The highest BCUT2D eigenvalue weighted by Gasteiger charge is 2.51. The Morgan fingerprint density at radius 1 is 0.750 bits per heavy atom. The molecule has 1 aromatic heterocycles. The van der Waals surface area contributed by atoms with E-state index in [0.29, 0.717) is 41.7 Å². The number of rotatable bonds is 7. The van der Waals surface area contributed by atoms with Crippen LogP contribution >= 0.6 is 0 Å². The van der Waals surface area contributed by atoms with Crippen LogP contribution in [0.2, 0.25) is 0 Å². The number of nitrogens with zero attached hydrogens (tertiary/aromatic N) is 2. The lowest BCUT2D eigenvalue weighted by Gasteiger charge is -2.31. The van der Waals surface area contributed by atoms with E-state index in [0.717, 1.165) is 25.7 Å². The smallest absolute Gasteiger partial charge is 0.489 e. The summed E-state index contributed by atoms with van der Waals surface area (Å²) in [6, 6.07) is 28.8. The van der Waals surface area contributed by atoms with E-state index in [-0.39, 0.29) is 0 Å². The number of ether oxygens (including phenoxy) is 2. The van der Waals surface area contributed by atoms with Crippen molar-refractivity contribution in [2.24, 2.45) is 0 Å². The maximum absolute atomic E-state index is 15.2. The fourth-order valence-electron chi connectivity index (χ4n) is 4.68. The first-order valence-corrected chi connectivity index (χ1v) is 11.8. The molecule has 4 nitrogen and oxygen atoms in total. The molecule has 2 aliphatic heterocycles. The number of fused-ring (bicyclic) bond motifs is 2. The SMILES string of the molecule is F[B-]1(F)n2cccc2C(c2cc(OCc3ccccc3)cc(OCc3ccccc3)c2)=C2C=CC=[N+]21. The van der Waals surface area contributed by atoms with Crippen LogP contribution < -0.4 is 9.47 Å². The summed E-state index contributed by atoms with van der Waals surface area (Å²) >= 11 is 0. The third kappa shape index (κ3) is 4.03. The van der Waals surface area contributed by atoms with Crippen LogP contribution in [0.3, 0.4) is 0 Å².